The van der Waals surface area contributed by atoms with Gasteiger partial charge in [0.2, 0.25) is 23.6 Å². The molecule has 0 saturated carbocycles. The number of hydrogen-bond donors (Lipinski definition) is 3. The fourth-order valence-corrected chi connectivity index (χ4v) is 7.83. The first-order chi connectivity index (χ1) is 30.2. The van der Waals surface area contributed by atoms with Crippen molar-refractivity contribution in [3.8, 4) is 0 Å². The van der Waals surface area contributed by atoms with E-state index in [2.05, 4.69) is 16.0 Å². The predicted octanol–water partition coefficient (Wildman–Crippen LogP) is 4.91. The molecule has 3 rings (SSSR count). The number of rotatable bonds is 17. The van der Waals surface area contributed by atoms with Crippen LogP contribution in [0.25, 0.3) is 10.9 Å². The average Bonchev–Trinajstić information content (AvgIpc) is 3.69. The molecule has 2 aromatic rings. The van der Waals surface area contributed by atoms with Gasteiger partial charge in [-0.15, -0.1) is 0 Å². The molecule has 0 aliphatic carbocycles. The number of esters is 1. The lowest BCUT2D eigenvalue weighted by atomic mass is 9.76. The molecule has 1 aromatic carbocycles. The molecule has 1 aliphatic rings. The fourth-order valence-electron chi connectivity index (χ4n) is 7.83. The normalized spacial score (nSPS) is 15.5. The summed E-state index contributed by atoms with van der Waals surface area (Å²) in [6.45, 7) is 24.4. The number of carbonyl (C=O) groups is 8. The zero-order chi connectivity index (χ0) is 50.4. The van der Waals surface area contributed by atoms with Gasteiger partial charge in [0.15, 0.2) is 0 Å². The molecule has 0 radical (unpaired) electrons. The van der Waals surface area contributed by atoms with Gasteiger partial charge in [-0.05, 0) is 71.4 Å². The Kier molecular flexibility index (Phi) is 17.4. The van der Waals surface area contributed by atoms with Gasteiger partial charge in [0.1, 0.15) is 29.3 Å². The number of para-hydroxylation sites is 1. The van der Waals surface area contributed by atoms with E-state index in [1.807, 2.05) is 90.5 Å². The Balaban J connectivity index is 1.96. The van der Waals surface area contributed by atoms with E-state index in [-0.39, 0.29) is 24.6 Å². The highest BCUT2D eigenvalue weighted by Crippen LogP contribution is 2.37. The summed E-state index contributed by atoms with van der Waals surface area (Å²) in [5, 5.41) is 9.13. The molecular formula is C49H73N7O10. The molecule has 4 atom stereocenters. The second-order valence-electron chi connectivity index (χ2n) is 21.0. The van der Waals surface area contributed by atoms with Crippen molar-refractivity contribution in [1.82, 2.24) is 35.2 Å². The monoisotopic (exact) mass is 920 g/mol. The Morgan fingerprint density at radius 1 is 0.788 bits per heavy atom. The van der Waals surface area contributed by atoms with Crippen molar-refractivity contribution in [3.05, 3.63) is 59.8 Å². The summed E-state index contributed by atoms with van der Waals surface area (Å²) in [4.78, 5) is 111. The standard InChI is InChI=1S/C49H73N7O10/c1-29(2)35(26-30(3)41(60)51-33(27-38(59)65-47(7,8)9)42(61)50-24-25-56-36(57)22-23-37(56)58)54(16)44(63)39(46(4,5)6)52-43(62)40(55(17)45(64)66-48(10,11)12)49(13,14)32-28-53(15)34-21-19-18-20-31(32)34/h18-23,26,28-29,33,35,39-40H,24-25,27H2,1-17H3,(H,50,61)(H,51,60)(H,52,62)/b30-26+/t33-,35-,39-,40-/m1/s1. The van der Waals surface area contributed by atoms with E-state index >= 15 is 0 Å². The quantitative estimate of drug-likeness (QED) is 0.111. The molecule has 0 fully saturated rings. The Bertz CT molecular complexity index is 2220. The number of carbonyl (C=O) groups excluding carboxylic acids is 8. The van der Waals surface area contributed by atoms with E-state index < -0.39 is 100 Å². The maximum absolute atomic E-state index is 14.9. The summed E-state index contributed by atoms with van der Waals surface area (Å²) in [7, 11) is 5.00. The van der Waals surface area contributed by atoms with Crippen LogP contribution in [0, 0.1) is 11.3 Å². The third kappa shape index (κ3) is 14.0. The first-order valence-electron chi connectivity index (χ1n) is 22.3. The third-order valence-electron chi connectivity index (χ3n) is 11.2. The van der Waals surface area contributed by atoms with E-state index in [1.54, 1.807) is 54.7 Å². The van der Waals surface area contributed by atoms with Gasteiger partial charge in [-0.25, -0.2) is 4.79 Å². The van der Waals surface area contributed by atoms with Crippen LogP contribution in [0.3, 0.4) is 0 Å². The van der Waals surface area contributed by atoms with Gasteiger partial charge in [0.25, 0.3) is 11.8 Å². The van der Waals surface area contributed by atoms with E-state index in [1.165, 1.54) is 23.8 Å². The smallest absolute Gasteiger partial charge is 0.410 e. The molecule has 1 aliphatic heterocycles. The summed E-state index contributed by atoms with van der Waals surface area (Å²) in [5.74, 6) is -4.56. The van der Waals surface area contributed by atoms with Gasteiger partial charge < -0.3 is 34.9 Å². The summed E-state index contributed by atoms with van der Waals surface area (Å²) in [5.41, 5.74) is -1.75. The van der Waals surface area contributed by atoms with Crippen LogP contribution in [-0.4, -0.2) is 129 Å². The van der Waals surface area contributed by atoms with Crippen LogP contribution < -0.4 is 16.0 Å². The molecule has 3 N–H and O–H groups in total. The fraction of sp³-hybridized carbons (Fsp3) is 0.592. The second kappa shape index (κ2) is 21.1. The zero-order valence-corrected chi connectivity index (χ0v) is 42.0. The minimum absolute atomic E-state index is 0.127. The van der Waals surface area contributed by atoms with Gasteiger partial charge in [-0.3, -0.25) is 43.4 Å². The van der Waals surface area contributed by atoms with Crippen LogP contribution in [0.5, 0.6) is 0 Å². The first kappa shape index (κ1) is 54.3. The Labute approximate surface area is 390 Å². The van der Waals surface area contributed by atoms with Crippen molar-refractivity contribution in [3.63, 3.8) is 0 Å². The highest BCUT2D eigenvalue weighted by atomic mass is 16.6. The molecule has 2 heterocycles. The van der Waals surface area contributed by atoms with Gasteiger partial charge >= 0.3 is 12.1 Å². The zero-order valence-electron chi connectivity index (χ0n) is 42.0. The number of aromatic nitrogens is 1. The molecule has 0 bridgehead atoms. The van der Waals surface area contributed by atoms with Crippen molar-refractivity contribution in [2.75, 3.05) is 27.2 Å². The summed E-state index contributed by atoms with van der Waals surface area (Å²) < 4.78 is 13.2. The molecule has 0 unspecified atom stereocenters. The topological polar surface area (TPSA) is 206 Å². The largest absolute Gasteiger partial charge is 0.460 e. The molecule has 1 aromatic heterocycles. The molecule has 66 heavy (non-hydrogen) atoms. The van der Waals surface area contributed by atoms with Gasteiger partial charge in [-0.2, -0.15) is 0 Å². The lowest BCUT2D eigenvalue weighted by molar-refractivity contribution is -0.156. The molecule has 17 nitrogen and oxygen atoms in total. The number of nitrogens with zero attached hydrogens (tertiary/aromatic N) is 4. The Morgan fingerprint density at radius 3 is 1.88 bits per heavy atom. The maximum atomic E-state index is 14.9. The number of fused-ring (bicyclic) bond motifs is 1. The molecular weight excluding hydrogens is 847 g/mol. The number of aryl methyl sites for hydroxylation is 1. The molecule has 0 saturated heterocycles. The van der Waals surface area contributed by atoms with E-state index in [0.717, 1.165) is 33.5 Å². The molecule has 17 heteroatoms. The van der Waals surface area contributed by atoms with Crippen molar-refractivity contribution in [1.29, 1.82) is 0 Å². The number of ether oxygens (including phenoxy) is 2. The molecule has 0 spiro atoms. The number of imide groups is 1. The van der Waals surface area contributed by atoms with Crippen LogP contribution in [0.4, 0.5) is 4.79 Å². The van der Waals surface area contributed by atoms with Crippen molar-refractivity contribution >= 4 is 58.4 Å². The van der Waals surface area contributed by atoms with Crippen LogP contribution >= 0.6 is 0 Å². The van der Waals surface area contributed by atoms with Crippen LogP contribution in [0.15, 0.2) is 54.3 Å². The Hall–Kier alpha value is -6.00. The molecule has 364 valence electrons. The van der Waals surface area contributed by atoms with Crippen LogP contribution in [0.2, 0.25) is 0 Å². The molecule has 7 amide bonds. The van der Waals surface area contributed by atoms with Gasteiger partial charge in [-0.1, -0.05) is 72.7 Å². The number of benzene rings is 1. The van der Waals surface area contributed by atoms with Gasteiger partial charge in [0.05, 0.1) is 12.5 Å². The summed E-state index contributed by atoms with van der Waals surface area (Å²) >= 11 is 0. The maximum Gasteiger partial charge on any atom is 0.410 e. The highest BCUT2D eigenvalue weighted by molar-refractivity contribution is 6.13. The van der Waals surface area contributed by atoms with E-state index in [9.17, 15) is 38.4 Å². The SMILES string of the molecule is C/C(=C\[C@H](C(C)C)N(C)C(=O)[C@@H](NC(=O)[C@@H](N(C)C(=O)OC(C)(C)C)C(C)(C)c1cn(C)c2ccccc12)C(C)(C)C)C(=O)N[C@H](CC(=O)OC(C)(C)C)C(=O)NCCN1C(=O)C=CC1=O. The third-order valence-corrected chi connectivity index (χ3v) is 11.2. The van der Waals surface area contributed by atoms with Crippen LogP contribution in [0.1, 0.15) is 109 Å². The lowest BCUT2D eigenvalue weighted by Crippen LogP contribution is -2.63. The minimum Gasteiger partial charge on any atom is -0.460 e. The average molecular weight is 920 g/mol. The predicted molar refractivity (Wildman–Crippen MR) is 252 cm³/mol. The van der Waals surface area contributed by atoms with Crippen molar-refractivity contribution in [2.24, 2.45) is 18.4 Å². The van der Waals surface area contributed by atoms with Crippen molar-refractivity contribution < 1.29 is 47.8 Å². The van der Waals surface area contributed by atoms with E-state index in [0.29, 0.717) is 0 Å². The number of hydrogen-bond acceptors (Lipinski definition) is 10. The Morgan fingerprint density at radius 2 is 1.35 bits per heavy atom. The highest BCUT2D eigenvalue weighted by Gasteiger charge is 2.47. The number of amides is 7. The van der Waals surface area contributed by atoms with Crippen molar-refractivity contribution in [2.45, 2.75) is 144 Å². The summed E-state index contributed by atoms with van der Waals surface area (Å²) in [6.07, 6.45) is 4.53. The van der Waals surface area contributed by atoms with E-state index in [4.69, 9.17) is 9.47 Å². The summed E-state index contributed by atoms with van der Waals surface area (Å²) in [6, 6.07) is 3.37. The number of likely N-dealkylation sites (N-methyl/N-ethyl adjacent to an activating group) is 2. The van der Waals surface area contributed by atoms with Crippen LogP contribution in [-0.2, 0) is 55.5 Å². The first-order valence-corrected chi connectivity index (χ1v) is 22.3. The second-order valence-corrected chi connectivity index (χ2v) is 21.0. The number of nitrogens with one attached hydrogen (secondary N) is 3. The minimum atomic E-state index is -1.40. The van der Waals surface area contributed by atoms with Gasteiger partial charge in [0, 0.05) is 74.5 Å². The lowest BCUT2D eigenvalue weighted by Gasteiger charge is -2.42.